The van der Waals surface area contributed by atoms with E-state index in [4.69, 9.17) is 5.11 Å². The number of piperidine rings is 1. The summed E-state index contributed by atoms with van der Waals surface area (Å²) in [6.07, 6.45) is 2.98. The normalized spacial score (nSPS) is 26.2. The van der Waals surface area contributed by atoms with Gasteiger partial charge in [-0.25, -0.2) is 4.79 Å². The molecule has 1 rings (SSSR count). The lowest BCUT2D eigenvalue weighted by molar-refractivity contribution is -0.144. The van der Waals surface area contributed by atoms with Crippen LogP contribution in [0.15, 0.2) is 0 Å². The standard InChI is InChI=1S/C12H22N2O3/c1-3-5-9(10(15)16)14-11(17)12(2)6-4-7-13-8-12/h9,13H,3-8H2,1-2H3,(H,14,17)(H,15,16)/t9-,12?/m1/s1. The highest BCUT2D eigenvalue weighted by Gasteiger charge is 2.36. The lowest BCUT2D eigenvalue weighted by Crippen LogP contribution is -2.52. The summed E-state index contributed by atoms with van der Waals surface area (Å²) in [5.74, 6) is -1.10. The van der Waals surface area contributed by atoms with Crippen molar-refractivity contribution in [3.63, 3.8) is 0 Å². The van der Waals surface area contributed by atoms with Crippen molar-refractivity contribution in [3.8, 4) is 0 Å². The number of amides is 1. The van der Waals surface area contributed by atoms with Crippen LogP contribution in [-0.2, 0) is 9.59 Å². The van der Waals surface area contributed by atoms with E-state index in [1.807, 2.05) is 13.8 Å². The third-order valence-electron chi connectivity index (χ3n) is 3.33. The van der Waals surface area contributed by atoms with Gasteiger partial charge in [-0.05, 0) is 32.7 Å². The van der Waals surface area contributed by atoms with E-state index in [2.05, 4.69) is 10.6 Å². The zero-order valence-corrected chi connectivity index (χ0v) is 10.6. The fourth-order valence-electron chi connectivity index (χ4n) is 2.13. The van der Waals surface area contributed by atoms with Crippen LogP contribution in [0.1, 0.15) is 39.5 Å². The molecule has 0 spiro atoms. The highest BCUT2D eigenvalue weighted by Crippen LogP contribution is 2.25. The SMILES string of the molecule is CCC[C@@H](NC(=O)C1(C)CCCNC1)C(=O)O. The Morgan fingerprint density at radius 2 is 2.24 bits per heavy atom. The van der Waals surface area contributed by atoms with Gasteiger partial charge in [0.1, 0.15) is 6.04 Å². The summed E-state index contributed by atoms with van der Waals surface area (Å²) in [5.41, 5.74) is -0.473. The van der Waals surface area contributed by atoms with Crippen LogP contribution in [0.3, 0.4) is 0 Å². The highest BCUT2D eigenvalue weighted by molar-refractivity contribution is 5.87. The highest BCUT2D eigenvalue weighted by atomic mass is 16.4. The predicted molar refractivity (Wildman–Crippen MR) is 64.7 cm³/mol. The number of hydrogen-bond acceptors (Lipinski definition) is 3. The average Bonchev–Trinajstić information content (AvgIpc) is 2.29. The summed E-state index contributed by atoms with van der Waals surface area (Å²) in [4.78, 5) is 23.1. The van der Waals surface area contributed by atoms with Crippen molar-refractivity contribution in [2.75, 3.05) is 13.1 Å². The van der Waals surface area contributed by atoms with Crippen molar-refractivity contribution >= 4 is 11.9 Å². The Hall–Kier alpha value is -1.10. The van der Waals surface area contributed by atoms with E-state index < -0.39 is 17.4 Å². The first-order valence-corrected chi connectivity index (χ1v) is 6.24. The molecule has 0 radical (unpaired) electrons. The molecule has 0 aromatic carbocycles. The van der Waals surface area contributed by atoms with Crippen LogP contribution in [0.2, 0.25) is 0 Å². The molecular formula is C12H22N2O3. The molecule has 17 heavy (non-hydrogen) atoms. The van der Waals surface area contributed by atoms with Crippen molar-refractivity contribution in [1.29, 1.82) is 0 Å². The Morgan fingerprint density at radius 1 is 1.53 bits per heavy atom. The van der Waals surface area contributed by atoms with Crippen LogP contribution in [0.25, 0.3) is 0 Å². The maximum Gasteiger partial charge on any atom is 0.326 e. The van der Waals surface area contributed by atoms with Gasteiger partial charge in [-0.3, -0.25) is 4.79 Å². The lowest BCUT2D eigenvalue weighted by Gasteiger charge is -2.33. The molecule has 1 amide bonds. The minimum absolute atomic E-state index is 0.148. The van der Waals surface area contributed by atoms with Crippen LogP contribution in [0.4, 0.5) is 0 Å². The Kier molecular flexibility index (Phi) is 4.93. The number of hydrogen-bond donors (Lipinski definition) is 3. The Labute approximate surface area is 102 Å². The third-order valence-corrected chi connectivity index (χ3v) is 3.33. The molecule has 0 bridgehead atoms. The molecule has 1 unspecified atom stereocenters. The molecule has 5 nitrogen and oxygen atoms in total. The average molecular weight is 242 g/mol. The maximum atomic E-state index is 12.1. The molecule has 0 aliphatic carbocycles. The maximum absolute atomic E-state index is 12.1. The van der Waals surface area contributed by atoms with Crippen molar-refractivity contribution in [2.24, 2.45) is 5.41 Å². The summed E-state index contributed by atoms with van der Waals surface area (Å²) in [6.45, 7) is 5.35. The topological polar surface area (TPSA) is 78.4 Å². The van der Waals surface area contributed by atoms with Crippen molar-refractivity contribution in [3.05, 3.63) is 0 Å². The number of carbonyl (C=O) groups is 2. The summed E-state index contributed by atoms with van der Waals surface area (Å²) >= 11 is 0. The van der Waals surface area contributed by atoms with Gasteiger partial charge >= 0.3 is 5.97 Å². The van der Waals surface area contributed by atoms with Gasteiger partial charge in [-0.15, -0.1) is 0 Å². The minimum atomic E-state index is -0.951. The van der Waals surface area contributed by atoms with Crippen molar-refractivity contribution in [1.82, 2.24) is 10.6 Å². The van der Waals surface area contributed by atoms with Crippen LogP contribution in [0.5, 0.6) is 0 Å². The molecule has 1 aliphatic rings. The van der Waals surface area contributed by atoms with Gasteiger partial charge in [0.05, 0.1) is 5.41 Å². The van der Waals surface area contributed by atoms with Crippen LogP contribution in [0, 0.1) is 5.41 Å². The Bertz CT molecular complexity index is 285. The smallest absolute Gasteiger partial charge is 0.326 e. The van der Waals surface area contributed by atoms with E-state index in [1.54, 1.807) is 0 Å². The number of aliphatic carboxylic acids is 1. The van der Waals surface area contributed by atoms with E-state index in [0.717, 1.165) is 25.8 Å². The number of rotatable bonds is 5. The molecule has 0 aromatic heterocycles. The molecule has 0 aromatic rings. The molecule has 5 heteroatoms. The van der Waals surface area contributed by atoms with Crippen LogP contribution in [-0.4, -0.2) is 36.1 Å². The van der Waals surface area contributed by atoms with Gasteiger partial charge in [0.15, 0.2) is 0 Å². The van der Waals surface area contributed by atoms with Gasteiger partial charge in [0.25, 0.3) is 0 Å². The van der Waals surface area contributed by atoms with Crippen molar-refractivity contribution in [2.45, 2.75) is 45.6 Å². The summed E-state index contributed by atoms with van der Waals surface area (Å²) in [5, 5.41) is 14.8. The van der Waals surface area contributed by atoms with Crippen molar-refractivity contribution < 1.29 is 14.7 Å². The van der Waals surface area contributed by atoms with E-state index in [-0.39, 0.29) is 5.91 Å². The molecule has 0 saturated carbocycles. The summed E-state index contributed by atoms with van der Waals surface area (Å²) in [6, 6.07) is -0.758. The molecular weight excluding hydrogens is 220 g/mol. The lowest BCUT2D eigenvalue weighted by atomic mass is 9.81. The molecule has 2 atom stereocenters. The second kappa shape index (κ2) is 6.00. The monoisotopic (exact) mass is 242 g/mol. The third kappa shape index (κ3) is 3.70. The van der Waals surface area contributed by atoms with Crippen LogP contribution >= 0.6 is 0 Å². The molecule has 1 heterocycles. The molecule has 1 saturated heterocycles. The molecule has 1 aliphatic heterocycles. The number of carbonyl (C=O) groups excluding carboxylic acids is 1. The first-order valence-electron chi connectivity index (χ1n) is 6.24. The van der Waals surface area contributed by atoms with E-state index in [9.17, 15) is 9.59 Å². The quantitative estimate of drug-likeness (QED) is 0.664. The molecule has 98 valence electrons. The minimum Gasteiger partial charge on any atom is -0.480 e. The van der Waals surface area contributed by atoms with E-state index in [1.165, 1.54) is 0 Å². The van der Waals surface area contributed by atoms with E-state index in [0.29, 0.717) is 13.0 Å². The Morgan fingerprint density at radius 3 is 2.71 bits per heavy atom. The van der Waals surface area contributed by atoms with Gasteiger partial charge in [-0.1, -0.05) is 13.3 Å². The van der Waals surface area contributed by atoms with Gasteiger partial charge in [0.2, 0.25) is 5.91 Å². The molecule has 3 N–H and O–H groups in total. The number of carboxylic acid groups (broad SMARTS) is 1. The summed E-state index contributed by atoms with van der Waals surface area (Å²) in [7, 11) is 0. The zero-order valence-electron chi connectivity index (χ0n) is 10.6. The first kappa shape index (κ1) is 14.0. The molecule has 1 fully saturated rings. The fraction of sp³-hybridized carbons (Fsp3) is 0.833. The van der Waals surface area contributed by atoms with Gasteiger partial charge in [-0.2, -0.15) is 0 Å². The predicted octanol–water partition coefficient (Wildman–Crippen LogP) is 0.746. The first-order chi connectivity index (χ1) is 7.99. The Balaban J connectivity index is 2.59. The second-order valence-electron chi connectivity index (χ2n) is 4.99. The van der Waals surface area contributed by atoms with Gasteiger partial charge in [0, 0.05) is 6.54 Å². The number of nitrogens with one attached hydrogen (secondary N) is 2. The second-order valence-corrected chi connectivity index (χ2v) is 4.99. The van der Waals surface area contributed by atoms with Crippen LogP contribution < -0.4 is 10.6 Å². The largest absolute Gasteiger partial charge is 0.480 e. The number of carboxylic acids is 1. The summed E-state index contributed by atoms with van der Waals surface area (Å²) < 4.78 is 0. The fourth-order valence-corrected chi connectivity index (χ4v) is 2.13. The zero-order chi connectivity index (χ0) is 12.9. The van der Waals surface area contributed by atoms with E-state index >= 15 is 0 Å². The van der Waals surface area contributed by atoms with Gasteiger partial charge < -0.3 is 15.7 Å².